The van der Waals surface area contributed by atoms with Gasteiger partial charge in [-0.15, -0.1) is 22.7 Å². The molecule has 0 aliphatic carbocycles. The smallest absolute Gasteiger partial charge is 0.271 e. The first kappa shape index (κ1) is 20.0. The van der Waals surface area contributed by atoms with Crippen LogP contribution in [0, 0.1) is 5.82 Å². The fraction of sp³-hybridized carbons (Fsp3) is 0.227. The number of thiazole rings is 1. The van der Waals surface area contributed by atoms with Crippen LogP contribution in [0.15, 0.2) is 59.0 Å². The molecule has 1 aliphatic heterocycles. The number of thiophene rings is 1. The highest BCUT2D eigenvalue weighted by molar-refractivity contribution is 7.15. The number of fused-ring (bicyclic) bond motifs is 1. The third kappa shape index (κ3) is 4.04. The first-order valence-electron chi connectivity index (χ1n) is 9.89. The molecule has 5 rings (SSSR count). The molecule has 4 aromatic rings. The molecule has 1 aliphatic rings. The Morgan fingerprint density at radius 1 is 1.13 bits per heavy atom. The molecule has 0 unspecified atom stereocenters. The number of carbonyl (C=O) groups is 1. The predicted octanol–water partition coefficient (Wildman–Crippen LogP) is 3.58. The summed E-state index contributed by atoms with van der Waals surface area (Å²) in [5, 5.41) is 1.78. The van der Waals surface area contributed by atoms with E-state index in [4.69, 9.17) is 0 Å². The van der Waals surface area contributed by atoms with Gasteiger partial charge < -0.3 is 4.90 Å². The molecule has 158 valence electrons. The third-order valence-electron chi connectivity index (χ3n) is 5.38. The average Bonchev–Trinajstić information content (AvgIpc) is 3.44. The molecular weight excluding hydrogens is 435 g/mol. The Balaban J connectivity index is 1.22. The number of amides is 1. The van der Waals surface area contributed by atoms with Crippen LogP contribution in [0.3, 0.4) is 0 Å². The molecule has 4 heterocycles. The van der Waals surface area contributed by atoms with Gasteiger partial charge in [0.1, 0.15) is 11.4 Å². The summed E-state index contributed by atoms with van der Waals surface area (Å²) in [6.07, 6.45) is 3.03. The van der Waals surface area contributed by atoms with E-state index in [1.54, 1.807) is 39.9 Å². The van der Waals surface area contributed by atoms with Gasteiger partial charge in [0, 0.05) is 60.3 Å². The van der Waals surface area contributed by atoms with Crippen molar-refractivity contribution < 1.29 is 9.18 Å². The second-order valence-corrected chi connectivity index (χ2v) is 9.42. The molecule has 0 spiro atoms. The van der Waals surface area contributed by atoms with Crippen LogP contribution in [0.1, 0.15) is 15.2 Å². The first-order chi connectivity index (χ1) is 15.1. The zero-order valence-corrected chi connectivity index (χ0v) is 18.2. The van der Waals surface area contributed by atoms with Gasteiger partial charge in [-0.05, 0) is 29.8 Å². The van der Waals surface area contributed by atoms with Gasteiger partial charge in [0.15, 0.2) is 4.96 Å². The average molecular weight is 455 g/mol. The van der Waals surface area contributed by atoms with E-state index in [2.05, 4.69) is 16.0 Å². The number of piperazine rings is 1. The molecule has 31 heavy (non-hydrogen) atoms. The maximum atomic E-state index is 13.5. The maximum Gasteiger partial charge on any atom is 0.271 e. The summed E-state index contributed by atoms with van der Waals surface area (Å²) in [6, 6.07) is 10.7. The Hall–Kier alpha value is -2.88. The monoisotopic (exact) mass is 454 g/mol. The SMILES string of the molecule is O=C(c1cnc2sccn2c1=O)N1CCN(Cc2ccc(-c3cccc(F)c3)s2)CC1. The van der Waals surface area contributed by atoms with Gasteiger partial charge >= 0.3 is 0 Å². The van der Waals surface area contributed by atoms with Gasteiger partial charge in [-0.3, -0.25) is 18.9 Å². The summed E-state index contributed by atoms with van der Waals surface area (Å²) >= 11 is 3.02. The predicted molar refractivity (Wildman–Crippen MR) is 120 cm³/mol. The first-order valence-corrected chi connectivity index (χ1v) is 11.6. The van der Waals surface area contributed by atoms with E-state index in [1.807, 2.05) is 12.1 Å². The lowest BCUT2D eigenvalue weighted by molar-refractivity contribution is 0.0627. The van der Waals surface area contributed by atoms with Crippen LogP contribution < -0.4 is 5.56 Å². The molecule has 1 amide bonds. The summed E-state index contributed by atoms with van der Waals surface area (Å²) in [5.41, 5.74) is 0.679. The normalized spacial score (nSPS) is 14.9. The topological polar surface area (TPSA) is 57.9 Å². The summed E-state index contributed by atoms with van der Waals surface area (Å²) in [7, 11) is 0. The molecule has 0 radical (unpaired) electrons. The number of rotatable bonds is 4. The van der Waals surface area contributed by atoms with E-state index in [0.29, 0.717) is 18.1 Å². The summed E-state index contributed by atoms with van der Waals surface area (Å²) < 4.78 is 14.9. The number of benzene rings is 1. The number of hydrogen-bond acceptors (Lipinski definition) is 6. The Morgan fingerprint density at radius 3 is 2.77 bits per heavy atom. The van der Waals surface area contributed by atoms with Crippen LogP contribution in [-0.4, -0.2) is 51.3 Å². The lowest BCUT2D eigenvalue weighted by Gasteiger charge is -2.34. The van der Waals surface area contributed by atoms with Gasteiger partial charge in [-0.1, -0.05) is 12.1 Å². The molecule has 6 nitrogen and oxygen atoms in total. The minimum atomic E-state index is -0.317. The molecule has 1 aromatic carbocycles. The fourth-order valence-corrected chi connectivity index (χ4v) is 5.45. The lowest BCUT2D eigenvalue weighted by atomic mass is 10.2. The number of hydrogen-bond donors (Lipinski definition) is 0. The molecule has 1 fully saturated rings. The summed E-state index contributed by atoms with van der Waals surface area (Å²) in [5.74, 6) is -0.497. The Morgan fingerprint density at radius 2 is 1.97 bits per heavy atom. The van der Waals surface area contributed by atoms with E-state index in [9.17, 15) is 14.0 Å². The van der Waals surface area contributed by atoms with Gasteiger partial charge in [0.05, 0.1) is 0 Å². The molecular formula is C22H19FN4O2S2. The van der Waals surface area contributed by atoms with Crippen molar-refractivity contribution in [3.8, 4) is 10.4 Å². The zero-order chi connectivity index (χ0) is 21.4. The zero-order valence-electron chi connectivity index (χ0n) is 16.5. The quantitative estimate of drug-likeness (QED) is 0.473. The lowest BCUT2D eigenvalue weighted by Crippen LogP contribution is -2.49. The van der Waals surface area contributed by atoms with Crippen LogP contribution in [0.5, 0.6) is 0 Å². The van der Waals surface area contributed by atoms with Crippen LogP contribution in [0.4, 0.5) is 4.39 Å². The number of halogens is 1. The Labute approximate surface area is 185 Å². The standard InChI is InChI=1S/C22H19FN4O2S2/c23-16-3-1-2-15(12-16)19-5-4-17(31-19)14-25-6-8-26(9-7-25)20(28)18-13-24-22-27(21(18)29)10-11-30-22/h1-5,10-13H,6-9,14H2. The number of aromatic nitrogens is 2. The highest BCUT2D eigenvalue weighted by Gasteiger charge is 2.25. The van der Waals surface area contributed by atoms with Crippen molar-refractivity contribution in [3.63, 3.8) is 0 Å². The third-order valence-corrected chi connectivity index (χ3v) is 7.27. The van der Waals surface area contributed by atoms with Crippen LogP contribution in [0.25, 0.3) is 15.4 Å². The van der Waals surface area contributed by atoms with Crippen molar-refractivity contribution in [3.05, 3.63) is 80.8 Å². The maximum absolute atomic E-state index is 13.5. The van der Waals surface area contributed by atoms with E-state index >= 15 is 0 Å². The second kappa shape index (κ2) is 8.33. The highest BCUT2D eigenvalue weighted by Crippen LogP contribution is 2.29. The number of carbonyl (C=O) groups excluding carboxylic acids is 1. The van der Waals surface area contributed by atoms with Gasteiger partial charge in [-0.2, -0.15) is 0 Å². The second-order valence-electron chi connectivity index (χ2n) is 7.38. The molecule has 0 saturated carbocycles. The van der Waals surface area contributed by atoms with E-state index in [-0.39, 0.29) is 22.8 Å². The van der Waals surface area contributed by atoms with Crippen molar-refractivity contribution >= 4 is 33.5 Å². The van der Waals surface area contributed by atoms with Crippen molar-refractivity contribution in [2.24, 2.45) is 0 Å². The van der Waals surface area contributed by atoms with E-state index in [1.165, 1.54) is 32.9 Å². The number of nitrogens with zero attached hydrogens (tertiary/aromatic N) is 4. The van der Waals surface area contributed by atoms with Crippen LogP contribution in [0.2, 0.25) is 0 Å². The van der Waals surface area contributed by atoms with E-state index < -0.39 is 0 Å². The van der Waals surface area contributed by atoms with Crippen molar-refractivity contribution in [1.29, 1.82) is 0 Å². The molecule has 0 atom stereocenters. The van der Waals surface area contributed by atoms with Crippen LogP contribution >= 0.6 is 22.7 Å². The van der Waals surface area contributed by atoms with Crippen molar-refractivity contribution in [2.75, 3.05) is 26.2 Å². The summed E-state index contributed by atoms with van der Waals surface area (Å²) in [4.78, 5) is 36.5. The molecule has 1 saturated heterocycles. The van der Waals surface area contributed by atoms with Crippen LogP contribution in [-0.2, 0) is 6.54 Å². The van der Waals surface area contributed by atoms with E-state index in [0.717, 1.165) is 30.1 Å². The largest absolute Gasteiger partial charge is 0.336 e. The van der Waals surface area contributed by atoms with Crippen molar-refractivity contribution in [1.82, 2.24) is 19.2 Å². The molecule has 0 N–H and O–H groups in total. The van der Waals surface area contributed by atoms with Gasteiger partial charge in [0.25, 0.3) is 11.5 Å². The fourth-order valence-electron chi connectivity index (χ4n) is 3.73. The van der Waals surface area contributed by atoms with Gasteiger partial charge in [-0.25, -0.2) is 9.37 Å². The molecule has 3 aromatic heterocycles. The Kier molecular flexibility index (Phi) is 5.39. The minimum absolute atomic E-state index is 0.113. The molecule has 0 bridgehead atoms. The highest BCUT2D eigenvalue weighted by atomic mass is 32.1. The minimum Gasteiger partial charge on any atom is -0.336 e. The Bertz CT molecular complexity index is 1300. The summed E-state index contributed by atoms with van der Waals surface area (Å²) in [6.45, 7) is 3.37. The molecule has 9 heteroatoms. The van der Waals surface area contributed by atoms with Gasteiger partial charge in [0.2, 0.25) is 0 Å². The van der Waals surface area contributed by atoms with Crippen molar-refractivity contribution in [2.45, 2.75) is 6.54 Å².